The van der Waals surface area contributed by atoms with Gasteiger partial charge in [0.25, 0.3) is 0 Å². The van der Waals surface area contributed by atoms with Crippen LogP contribution in [0.3, 0.4) is 0 Å². The fourth-order valence-corrected chi connectivity index (χ4v) is 4.76. The Morgan fingerprint density at radius 2 is 1.89 bits per heavy atom. The van der Waals surface area contributed by atoms with E-state index in [4.69, 9.17) is 0 Å². The Balaban J connectivity index is 2.79. The van der Waals surface area contributed by atoms with Crippen LogP contribution >= 0.6 is 11.3 Å². The lowest BCUT2D eigenvalue weighted by Crippen LogP contribution is -2.28. The van der Waals surface area contributed by atoms with Gasteiger partial charge < -0.3 is 5.11 Å². The van der Waals surface area contributed by atoms with Gasteiger partial charge in [0.15, 0.2) is 15.6 Å². The van der Waals surface area contributed by atoms with E-state index < -0.39 is 15.8 Å². The Hall–Kier alpha value is -1.21. The van der Waals surface area contributed by atoms with Gasteiger partial charge in [-0.2, -0.15) is 0 Å². The minimum atomic E-state index is -3.59. The highest BCUT2D eigenvalue weighted by molar-refractivity contribution is 7.92. The number of fused-ring (bicyclic) bond motifs is 1. The van der Waals surface area contributed by atoms with Gasteiger partial charge in [-0.3, -0.25) is 4.79 Å². The zero-order valence-corrected chi connectivity index (χ0v) is 12.4. The minimum Gasteiger partial charge on any atom is -0.477 e. The van der Waals surface area contributed by atoms with E-state index in [0.717, 1.165) is 6.26 Å². The fourth-order valence-electron chi connectivity index (χ4n) is 2.39. The van der Waals surface area contributed by atoms with Gasteiger partial charge in [0.05, 0.1) is 5.56 Å². The molecule has 0 atom stereocenters. The zero-order chi connectivity index (χ0) is 14.6. The topological polar surface area (TPSA) is 88.5 Å². The number of hydrogen-bond donors (Lipinski definition) is 1. The number of Topliss-reactive ketones (excluding diaryl/α,β-unsaturated/α-hetero) is 1. The van der Waals surface area contributed by atoms with Crippen molar-refractivity contribution >= 4 is 32.9 Å². The summed E-state index contributed by atoms with van der Waals surface area (Å²) >= 11 is 0.686. The Morgan fingerprint density at radius 3 is 2.37 bits per heavy atom. The fraction of sp³-hybridized carbons (Fsp3) is 0.500. The Kier molecular flexibility index (Phi) is 3.10. The van der Waals surface area contributed by atoms with E-state index in [1.165, 1.54) is 0 Å². The molecule has 1 aliphatic rings. The standard InChI is InChI=1S/C12H14O5S2/c1-12(2)4-6-8(7(13)5-12)11(19(3,16)17)18-9(6)10(14)15/h4-5H2,1-3H3,(H,14,15). The molecule has 1 aromatic rings. The smallest absolute Gasteiger partial charge is 0.346 e. The molecule has 0 amide bonds. The maximum absolute atomic E-state index is 12.2. The van der Waals surface area contributed by atoms with E-state index in [9.17, 15) is 23.1 Å². The predicted molar refractivity (Wildman–Crippen MR) is 70.8 cm³/mol. The number of carboxylic acid groups (broad SMARTS) is 1. The van der Waals surface area contributed by atoms with Crippen molar-refractivity contribution in [2.45, 2.75) is 30.9 Å². The zero-order valence-electron chi connectivity index (χ0n) is 10.8. The molecular formula is C12H14O5S2. The number of carbonyl (C=O) groups excluding carboxylic acids is 1. The van der Waals surface area contributed by atoms with E-state index in [-0.39, 0.29) is 32.3 Å². The van der Waals surface area contributed by atoms with Crippen molar-refractivity contribution in [1.82, 2.24) is 0 Å². The predicted octanol–water partition coefficient (Wildman–Crippen LogP) is 2.00. The van der Waals surface area contributed by atoms with Gasteiger partial charge >= 0.3 is 5.97 Å². The summed E-state index contributed by atoms with van der Waals surface area (Å²) in [6.45, 7) is 3.74. The number of carbonyl (C=O) groups is 2. The van der Waals surface area contributed by atoms with E-state index in [2.05, 4.69) is 0 Å². The van der Waals surface area contributed by atoms with Crippen LogP contribution in [0.4, 0.5) is 0 Å². The van der Waals surface area contributed by atoms with Crippen LogP contribution in [0, 0.1) is 5.41 Å². The summed E-state index contributed by atoms with van der Waals surface area (Å²) in [5.74, 6) is -1.46. The molecule has 0 aromatic carbocycles. The van der Waals surface area contributed by atoms with E-state index in [1.807, 2.05) is 13.8 Å². The first kappa shape index (κ1) is 14.2. The van der Waals surface area contributed by atoms with Gasteiger partial charge in [-0.15, -0.1) is 11.3 Å². The first-order valence-electron chi connectivity index (χ1n) is 5.65. The van der Waals surface area contributed by atoms with Gasteiger partial charge in [0, 0.05) is 12.7 Å². The molecule has 7 heteroatoms. The summed E-state index contributed by atoms with van der Waals surface area (Å²) in [7, 11) is -3.59. The van der Waals surface area contributed by atoms with Crippen LogP contribution in [0.15, 0.2) is 4.21 Å². The number of hydrogen-bond acceptors (Lipinski definition) is 5. The SMILES string of the molecule is CC1(C)CC(=O)c2c(S(C)(=O)=O)sc(C(=O)O)c2C1. The number of sulfone groups is 1. The molecule has 1 aromatic heterocycles. The Morgan fingerprint density at radius 1 is 1.32 bits per heavy atom. The summed E-state index contributed by atoms with van der Waals surface area (Å²) < 4.78 is 23.3. The van der Waals surface area contributed by atoms with Crippen LogP contribution in [-0.4, -0.2) is 31.5 Å². The molecule has 1 aliphatic carbocycles. The van der Waals surface area contributed by atoms with Gasteiger partial charge in [-0.05, 0) is 17.4 Å². The van der Waals surface area contributed by atoms with Crippen LogP contribution < -0.4 is 0 Å². The van der Waals surface area contributed by atoms with Crippen molar-refractivity contribution in [1.29, 1.82) is 0 Å². The van der Waals surface area contributed by atoms with E-state index in [0.29, 0.717) is 23.3 Å². The van der Waals surface area contributed by atoms with E-state index in [1.54, 1.807) is 0 Å². The molecule has 1 heterocycles. The minimum absolute atomic E-state index is 0.0310. The Bertz CT molecular complexity index is 679. The third-order valence-corrected chi connectivity index (χ3v) is 6.13. The molecule has 0 radical (unpaired) electrons. The van der Waals surface area contributed by atoms with Crippen LogP contribution in [0.1, 0.15) is 45.9 Å². The molecule has 0 bridgehead atoms. The van der Waals surface area contributed by atoms with Crippen molar-refractivity contribution in [3.63, 3.8) is 0 Å². The summed E-state index contributed by atoms with van der Waals surface area (Å²) in [5, 5.41) is 9.18. The van der Waals surface area contributed by atoms with Gasteiger partial charge in [-0.1, -0.05) is 13.8 Å². The van der Waals surface area contributed by atoms with Crippen LogP contribution in [-0.2, 0) is 16.3 Å². The molecule has 0 aliphatic heterocycles. The van der Waals surface area contributed by atoms with Gasteiger partial charge in [-0.25, -0.2) is 13.2 Å². The lowest BCUT2D eigenvalue weighted by Gasteiger charge is -2.29. The number of rotatable bonds is 2. The number of thiophene rings is 1. The quantitative estimate of drug-likeness (QED) is 0.902. The lowest BCUT2D eigenvalue weighted by molar-refractivity contribution is 0.0700. The van der Waals surface area contributed by atoms with Gasteiger partial charge in [0.1, 0.15) is 9.09 Å². The summed E-state index contributed by atoms with van der Waals surface area (Å²) in [5.41, 5.74) is 0.132. The second kappa shape index (κ2) is 4.14. The molecule has 0 unspecified atom stereocenters. The molecule has 0 spiro atoms. The monoisotopic (exact) mass is 302 g/mol. The van der Waals surface area contributed by atoms with Gasteiger partial charge in [0.2, 0.25) is 0 Å². The van der Waals surface area contributed by atoms with Crippen molar-refractivity contribution < 1.29 is 23.1 Å². The van der Waals surface area contributed by atoms with E-state index >= 15 is 0 Å². The van der Waals surface area contributed by atoms with Crippen molar-refractivity contribution in [2.24, 2.45) is 5.41 Å². The van der Waals surface area contributed by atoms with Crippen molar-refractivity contribution in [2.75, 3.05) is 6.26 Å². The average Bonchev–Trinajstić information content (AvgIpc) is 2.54. The second-order valence-electron chi connectivity index (χ2n) is 5.59. The number of ketones is 1. The Labute approximate surface area is 115 Å². The average molecular weight is 302 g/mol. The molecule has 19 heavy (non-hydrogen) atoms. The number of carboxylic acids is 1. The molecular weight excluding hydrogens is 288 g/mol. The highest BCUT2D eigenvalue weighted by Crippen LogP contribution is 2.43. The number of aromatic carboxylic acids is 1. The molecule has 0 fully saturated rings. The maximum Gasteiger partial charge on any atom is 0.346 e. The first-order valence-corrected chi connectivity index (χ1v) is 8.36. The lowest BCUT2D eigenvalue weighted by atomic mass is 9.74. The maximum atomic E-state index is 12.2. The molecule has 1 N–H and O–H groups in total. The van der Waals surface area contributed by atoms with Crippen LogP contribution in [0.25, 0.3) is 0 Å². The summed E-state index contributed by atoms with van der Waals surface area (Å²) in [6, 6.07) is 0. The highest BCUT2D eigenvalue weighted by Gasteiger charge is 2.39. The third kappa shape index (κ3) is 2.44. The molecule has 2 rings (SSSR count). The molecule has 5 nitrogen and oxygen atoms in total. The largest absolute Gasteiger partial charge is 0.477 e. The molecule has 104 valence electrons. The summed E-state index contributed by atoms with van der Waals surface area (Å²) in [4.78, 5) is 23.4. The molecule has 0 saturated heterocycles. The van der Waals surface area contributed by atoms with Crippen LogP contribution in [0.5, 0.6) is 0 Å². The third-order valence-electron chi connectivity index (χ3n) is 3.08. The molecule has 0 saturated carbocycles. The first-order chi connectivity index (χ1) is 8.53. The van der Waals surface area contributed by atoms with Crippen LogP contribution in [0.2, 0.25) is 0 Å². The second-order valence-corrected chi connectivity index (χ2v) is 8.82. The van der Waals surface area contributed by atoms with Crippen molar-refractivity contribution in [3.8, 4) is 0 Å². The normalized spacial score (nSPS) is 18.2. The highest BCUT2D eigenvalue weighted by atomic mass is 32.2. The summed E-state index contributed by atoms with van der Waals surface area (Å²) in [6.07, 6.45) is 1.64. The van der Waals surface area contributed by atoms with Crippen molar-refractivity contribution in [3.05, 3.63) is 16.0 Å².